The van der Waals surface area contributed by atoms with E-state index in [2.05, 4.69) is 18.8 Å². The van der Waals surface area contributed by atoms with Gasteiger partial charge in [-0.1, -0.05) is 13.8 Å². The first-order chi connectivity index (χ1) is 7.97. The van der Waals surface area contributed by atoms with Crippen molar-refractivity contribution in [1.82, 2.24) is 4.98 Å². The summed E-state index contributed by atoms with van der Waals surface area (Å²) in [5.74, 6) is 0.832. The third kappa shape index (κ3) is 3.41. The van der Waals surface area contributed by atoms with Gasteiger partial charge < -0.3 is 16.2 Å². The number of pyridine rings is 1. The van der Waals surface area contributed by atoms with E-state index in [0.717, 1.165) is 11.1 Å². The highest BCUT2D eigenvalue weighted by molar-refractivity contribution is 5.43. The molecule has 0 saturated heterocycles. The largest absolute Gasteiger partial charge is 0.383 e. The Morgan fingerprint density at radius 2 is 2.06 bits per heavy atom. The van der Waals surface area contributed by atoms with Crippen molar-refractivity contribution in [3.05, 3.63) is 23.4 Å². The van der Waals surface area contributed by atoms with E-state index < -0.39 is 0 Å². The number of aryl methyl sites for hydroxylation is 1. The third-order valence-corrected chi connectivity index (χ3v) is 2.82. The van der Waals surface area contributed by atoms with Crippen molar-refractivity contribution in [2.75, 3.05) is 12.3 Å². The average Bonchev–Trinajstić information content (AvgIpc) is 2.28. The zero-order chi connectivity index (χ0) is 13.0. The molecule has 1 heterocycles. The van der Waals surface area contributed by atoms with Gasteiger partial charge in [0, 0.05) is 18.4 Å². The molecule has 4 heteroatoms. The highest BCUT2D eigenvalue weighted by atomic mass is 16.5. The number of rotatable bonds is 5. The molecule has 0 bridgehead atoms. The zero-order valence-electron chi connectivity index (χ0n) is 11.1. The van der Waals surface area contributed by atoms with Gasteiger partial charge in [-0.15, -0.1) is 0 Å². The first-order valence-corrected chi connectivity index (χ1v) is 6.06. The van der Waals surface area contributed by atoms with Crippen LogP contribution in [0.5, 0.6) is 0 Å². The minimum atomic E-state index is -0.234. The molecular formula is C13H23N3O. The van der Waals surface area contributed by atoms with Crippen LogP contribution in [0, 0.1) is 12.8 Å². The summed E-state index contributed by atoms with van der Waals surface area (Å²) >= 11 is 0. The molecule has 2 unspecified atom stereocenters. The van der Waals surface area contributed by atoms with E-state index in [0.29, 0.717) is 18.3 Å². The van der Waals surface area contributed by atoms with Gasteiger partial charge >= 0.3 is 0 Å². The summed E-state index contributed by atoms with van der Waals surface area (Å²) in [6.07, 6.45) is 1.71. The Labute approximate surface area is 103 Å². The van der Waals surface area contributed by atoms with E-state index in [1.807, 2.05) is 19.9 Å². The monoisotopic (exact) mass is 237 g/mol. The summed E-state index contributed by atoms with van der Waals surface area (Å²) in [4.78, 5) is 4.14. The summed E-state index contributed by atoms with van der Waals surface area (Å²) in [6, 6.07) is 1.75. The maximum atomic E-state index is 6.25. The molecule has 4 nitrogen and oxygen atoms in total. The van der Waals surface area contributed by atoms with Crippen molar-refractivity contribution in [1.29, 1.82) is 0 Å². The standard InChI is InChI=1S/C13H23N3O/c1-5-17-12(8(2)3)11(14)10-6-9(4)7-16-13(10)15/h6-8,11-12H,5,14H2,1-4H3,(H2,15,16). The fourth-order valence-corrected chi connectivity index (χ4v) is 1.95. The van der Waals surface area contributed by atoms with Crippen LogP contribution in [-0.4, -0.2) is 17.7 Å². The van der Waals surface area contributed by atoms with Crippen LogP contribution in [0.1, 0.15) is 37.9 Å². The van der Waals surface area contributed by atoms with Gasteiger partial charge in [-0.05, 0) is 31.4 Å². The predicted octanol–water partition coefficient (Wildman–Crippen LogP) is 2.03. The van der Waals surface area contributed by atoms with Crippen LogP contribution in [0.4, 0.5) is 5.82 Å². The molecule has 2 atom stereocenters. The van der Waals surface area contributed by atoms with Gasteiger partial charge in [0.2, 0.25) is 0 Å². The number of aromatic nitrogens is 1. The van der Waals surface area contributed by atoms with Crippen molar-refractivity contribution in [3.63, 3.8) is 0 Å². The van der Waals surface area contributed by atoms with E-state index in [1.165, 1.54) is 0 Å². The van der Waals surface area contributed by atoms with Crippen molar-refractivity contribution in [2.45, 2.75) is 39.8 Å². The minimum absolute atomic E-state index is 0.0362. The van der Waals surface area contributed by atoms with Crippen LogP contribution >= 0.6 is 0 Å². The van der Waals surface area contributed by atoms with Crippen LogP contribution in [0.3, 0.4) is 0 Å². The van der Waals surface area contributed by atoms with Crippen molar-refractivity contribution in [3.8, 4) is 0 Å². The van der Waals surface area contributed by atoms with E-state index in [-0.39, 0.29) is 12.1 Å². The van der Waals surface area contributed by atoms with Gasteiger partial charge in [-0.25, -0.2) is 4.98 Å². The highest BCUT2D eigenvalue weighted by Gasteiger charge is 2.25. The third-order valence-electron chi connectivity index (χ3n) is 2.82. The number of hydrogen-bond donors (Lipinski definition) is 2. The van der Waals surface area contributed by atoms with Crippen molar-refractivity contribution >= 4 is 5.82 Å². The van der Waals surface area contributed by atoms with Gasteiger partial charge in [0.1, 0.15) is 5.82 Å². The number of nitrogens with two attached hydrogens (primary N) is 2. The second-order valence-electron chi connectivity index (χ2n) is 4.68. The SMILES string of the molecule is CCOC(C(C)C)C(N)c1cc(C)cnc1N. The van der Waals surface area contributed by atoms with Crippen LogP contribution in [-0.2, 0) is 4.74 Å². The second kappa shape index (κ2) is 5.98. The number of ether oxygens (including phenoxy) is 1. The number of anilines is 1. The van der Waals surface area contributed by atoms with Gasteiger partial charge in [-0.3, -0.25) is 0 Å². The number of hydrogen-bond acceptors (Lipinski definition) is 4. The lowest BCUT2D eigenvalue weighted by Gasteiger charge is -2.28. The molecule has 0 aromatic carbocycles. The van der Waals surface area contributed by atoms with Crippen molar-refractivity contribution < 1.29 is 4.74 Å². The van der Waals surface area contributed by atoms with Gasteiger partial charge in [0.25, 0.3) is 0 Å². The molecular weight excluding hydrogens is 214 g/mol. The molecule has 0 aliphatic rings. The van der Waals surface area contributed by atoms with Crippen LogP contribution in [0.15, 0.2) is 12.3 Å². The molecule has 0 spiro atoms. The zero-order valence-corrected chi connectivity index (χ0v) is 11.1. The smallest absolute Gasteiger partial charge is 0.128 e. The molecule has 0 aliphatic heterocycles. The molecule has 4 N–H and O–H groups in total. The molecule has 0 aliphatic carbocycles. The lowest BCUT2D eigenvalue weighted by atomic mass is 9.94. The molecule has 0 radical (unpaired) electrons. The Morgan fingerprint density at radius 3 is 2.59 bits per heavy atom. The Morgan fingerprint density at radius 1 is 1.41 bits per heavy atom. The van der Waals surface area contributed by atoms with Crippen molar-refractivity contribution in [2.24, 2.45) is 11.7 Å². The molecule has 96 valence electrons. The molecule has 1 aromatic rings. The Balaban J connectivity index is 2.99. The Bertz CT molecular complexity index is 366. The summed E-state index contributed by atoms with van der Waals surface area (Å²) in [7, 11) is 0. The van der Waals surface area contributed by atoms with Gasteiger partial charge in [0.05, 0.1) is 12.1 Å². The number of nitrogen functional groups attached to an aromatic ring is 1. The normalized spacial score (nSPS) is 14.9. The first-order valence-electron chi connectivity index (χ1n) is 6.06. The molecule has 1 aromatic heterocycles. The van der Waals surface area contributed by atoms with Crippen LogP contribution in [0.2, 0.25) is 0 Å². The molecule has 0 amide bonds. The summed E-state index contributed by atoms with van der Waals surface area (Å²) in [5, 5.41) is 0. The van der Waals surface area contributed by atoms with E-state index in [4.69, 9.17) is 16.2 Å². The van der Waals surface area contributed by atoms with E-state index in [9.17, 15) is 0 Å². The Kier molecular flexibility index (Phi) is 4.90. The summed E-state index contributed by atoms with van der Waals surface area (Å²) in [5.41, 5.74) is 14.1. The topological polar surface area (TPSA) is 74.2 Å². The quantitative estimate of drug-likeness (QED) is 0.821. The van der Waals surface area contributed by atoms with E-state index in [1.54, 1.807) is 6.20 Å². The molecule has 0 fully saturated rings. The van der Waals surface area contributed by atoms with Crippen LogP contribution < -0.4 is 11.5 Å². The maximum absolute atomic E-state index is 6.25. The predicted molar refractivity (Wildman–Crippen MR) is 70.6 cm³/mol. The van der Waals surface area contributed by atoms with Gasteiger partial charge in [0.15, 0.2) is 0 Å². The van der Waals surface area contributed by atoms with Crippen LogP contribution in [0.25, 0.3) is 0 Å². The summed E-state index contributed by atoms with van der Waals surface area (Å²) in [6.45, 7) is 8.79. The number of nitrogens with zero attached hydrogens (tertiary/aromatic N) is 1. The fourth-order valence-electron chi connectivity index (χ4n) is 1.95. The lowest BCUT2D eigenvalue weighted by molar-refractivity contribution is 0.0122. The highest BCUT2D eigenvalue weighted by Crippen LogP contribution is 2.26. The second-order valence-corrected chi connectivity index (χ2v) is 4.68. The average molecular weight is 237 g/mol. The first kappa shape index (κ1) is 13.9. The van der Waals surface area contributed by atoms with Gasteiger partial charge in [-0.2, -0.15) is 0 Å². The Hall–Kier alpha value is -1.13. The molecule has 1 rings (SSSR count). The fraction of sp³-hybridized carbons (Fsp3) is 0.615. The maximum Gasteiger partial charge on any atom is 0.128 e. The minimum Gasteiger partial charge on any atom is -0.383 e. The lowest BCUT2D eigenvalue weighted by Crippen LogP contribution is -2.34. The summed E-state index contributed by atoms with van der Waals surface area (Å²) < 4.78 is 5.71. The molecule has 0 saturated carbocycles. The van der Waals surface area contributed by atoms with E-state index >= 15 is 0 Å². The molecule has 17 heavy (non-hydrogen) atoms.